The predicted octanol–water partition coefficient (Wildman–Crippen LogP) is 6.07. The topological polar surface area (TPSA) is 59.5 Å². The standard InChI is InChI=1S/C22H22BrClN2O3S2/c1-2-29-17-6-3-15(4-7-17)20-14-30-22(25-20)26-11-9-18(10-12-26)31(27,28)21-8-5-16(23)13-19(21)24/h3-8,13-14,18H,2,9-12H2,1H3. The quantitative estimate of drug-likeness (QED) is 0.379. The number of halogens is 2. The highest BCUT2D eigenvalue weighted by molar-refractivity contribution is 9.10. The molecule has 31 heavy (non-hydrogen) atoms. The summed E-state index contributed by atoms with van der Waals surface area (Å²) >= 11 is 11.1. The van der Waals surface area contributed by atoms with Crippen molar-refractivity contribution in [2.45, 2.75) is 29.9 Å². The molecule has 0 unspecified atom stereocenters. The van der Waals surface area contributed by atoms with Gasteiger partial charge in [-0.05, 0) is 62.2 Å². The maximum atomic E-state index is 13.1. The minimum absolute atomic E-state index is 0.211. The van der Waals surface area contributed by atoms with Crippen LogP contribution in [0, 0.1) is 0 Å². The Morgan fingerprint density at radius 3 is 2.55 bits per heavy atom. The number of rotatable bonds is 6. The van der Waals surface area contributed by atoms with Gasteiger partial charge in [0.15, 0.2) is 15.0 Å². The van der Waals surface area contributed by atoms with Gasteiger partial charge in [-0.1, -0.05) is 27.5 Å². The van der Waals surface area contributed by atoms with Crippen molar-refractivity contribution in [3.8, 4) is 17.0 Å². The largest absolute Gasteiger partial charge is 0.494 e. The average Bonchev–Trinajstić information content (AvgIpc) is 3.25. The first kappa shape index (κ1) is 22.6. The van der Waals surface area contributed by atoms with Crippen LogP contribution < -0.4 is 9.64 Å². The Kier molecular flexibility index (Phi) is 6.91. The Bertz CT molecular complexity index is 1160. The van der Waals surface area contributed by atoms with E-state index in [2.05, 4.69) is 20.8 Å². The number of nitrogens with zero attached hydrogens (tertiary/aromatic N) is 2. The average molecular weight is 542 g/mol. The summed E-state index contributed by atoms with van der Waals surface area (Å²) in [5.41, 5.74) is 1.95. The van der Waals surface area contributed by atoms with Crippen molar-refractivity contribution in [2.24, 2.45) is 0 Å². The fourth-order valence-electron chi connectivity index (χ4n) is 3.67. The number of hydrogen-bond acceptors (Lipinski definition) is 6. The van der Waals surface area contributed by atoms with Crippen LogP contribution in [0.1, 0.15) is 19.8 Å². The van der Waals surface area contributed by atoms with Gasteiger partial charge in [0.1, 0.15) is 5.75 Å². The summed E-state index contributed by atoms with van der Waals surface area (Å²) in [6, 6.07) is 12.8. The molecule has 9 heteroatoms. The molecule has 5 nitrogen and oxygen atoms in total. The van der Waals surface area contributed by atoms with Gasteiger partial charge in [0, 0.05) is 28.5 Å². The Morgan fingerprint density at radius 1 is 1.19 bits per heavy atom. The van der Waals surface area contributed by atoms with E-state index < -0.39 is 15.1 Å². The number of hydrogen-bond donors (Lipinski definition) is 0. The van der Waals surface area contributed by atoms with E-state index in [9.17, 15) is 8.42 Å². The second-order valence-electron chi connectivity index (χ2n) is 7.28. The van der Waals surface area contributed by atoms with E-state index >= 15 is 0 Å². The van der Waals surface area contributed by atoms with Crippen LogP contribution in [0.3, 0.4) is 0 Å². The molecule has 0 aliphatic carbocycles. The molecule has 0 spiro atoms. The van der Waals surface area contributed by atoms with Gasteiger partial charge in [-0.3, -0.25) is 0 Å². The van der Waals surface area contributed by atoms with Gasteiger partial charge in [0.05, 0.1) is 27.5 Å². The number of thiazole rings is 1. The van der Waals surface area contributed by atoms with Crippen LogP contribution in [0.15, 0.2) is 57.2 Å². The van der Waals surface area contributed by atoms with Crippen molar-refractivity contribution in [1.29, 1.82) is 0 Å². The summed E-state index contributed by atoms with van der Waals surface area (Å²) in [5.74, 6) is 0.843. The molecule has 2 heterocycles. The molecule has 2 aromatic carbocycles. The lowest BCUT2D eigenvalue weighted by molar-refractivity contribution is 0.340. The first-order valence-corrected chi connectivity index (χ1v) is 13.6. The van der Waals surface area contributed by atoms with Crippen molar-refractivity contribution >= 4 is 53.8 Å². The molecule has 0 radical (unpaired) electrons. The molecule has 1 aromatic heterocycles. The van der Waals surface area contributed by atoms with Crippen LogP contribution in [0.2, 0.25) is 5.02 Å². The second kappa shape index (κ2) is 9.48. The van der Waals surface area contributed by atoms with Gasteiger partial charge in [0.25, 0.3) is 0 Å². The lowest BCUT2D eigenvalue weighted by atomic mass is 10.1. The smallest absolute Gasteiger partial charge is 0.185 e. The van der Waals surface area contributed by atoms with E-state index in [1.54, 1.807) is 29.5 Å². The Hall–Kier alpha value is -1.61. The fraction of sp³-hybridized carbons (Fsp3) is 0.318. The van der Waals surface area contributed by atoms with Gasteiger partial charge < -0.3 is 9.64 Å². The number of aromatic nitrogens is 1. The van der Waals surface area contributed by atoms with Crippen molar-refractivity contribution in [2.75, 3.05) is 24.6 Å². The molecule has 1 saturated heterocycles. The molecule has 3 aromatic rings. The molecule has 0 atom stereocenters. The van der Waals surface area contributed by atoms with Gasteiger partial charge in [-0.2, -0.15) is 0 Å². The van der Waals surface area contributed by atoms with Crippen molar-refractivity contribution in [3.63, 3.8) is 0 Å². The Labute approximate surface area is 200 Å². The maximum Gasteiger partial charge on any atom is 0.185 e. The zero-order valence-corrected chi connectivity index (χ0v) is 20.9. The third kappa shape index (κ3) is 4.92. The number of sulfone groups is 1. The van der Waals surface area contributed by atoms with E-state index in [1.165, 1.54) is 0 Å². The Balaban J connectivity index is 1.43. The zero-order chi connectivity index (χ0) is 22.0. The molecule has 0 N–H and O–H groups in total. The van der Waals surface area contributed by atoms with Crippen molar-refractivity contribution in [3.05, 3.63) is 57.3 Å². The molecule has 0 bridgehead atoms. The van der Waals surface area contributed by atoms with E-state index in [0.717, 1.165) is 26.6 Å². The normalized spacial score (nSPS) is 15.3. The van der Waals surface area contributed by atoms with Gasteiger partial charge in [-0.25, -0.2) is 13.4 Å². The van der Waals surface area contributed by atoms with Gasteiger partial charge >= 0.3 is 0 Å². The molecule has 4 rings (SSSR count). The van der Waals surface area contributed by atoms with Crippen LogP contribution in [0.4, 0.5) is 5.13 Å². The SMILES string of the molecule is CCOc1ccc(-c2csc(N3CCC(S(=O)(=O)c4ccc(Br)cc4Cl)CC3)n2)cc1. The first-order chi connectivity index (χ1) is 14.9. The van der Waals surface area contributed by atoms with E-state index in [1.807, 2.05) is 36.6 Å². The number of benzene rings is 2. The van der Waals surface area contributed by atoms with Crippen LogP contribution in [-0.2, 0) is 9.84 Å². The molecule has 1 fully saturated rings. The number of piperidine rings is 1. The minimum Gasteiger partial charge on any atom is -0.494 e. The van der Waals surface area contributed by atoms with E-state index in [-0.39, 0.29) is 9.92 Å². The fourth-order valence-corrected chi connectivity index (χ4v) is 7.34. The molecule has 1 aliphatic rings. The molecule has 0 amide bonds. The Morgan fingerprint density at radius 2 is 1.90 bits per heavy atom. The molecule has 1 aliphatic heterocycles. The highest BCUT2D eigenvalue weighted by Gasteiger charge is 2.33. The monoisotopic (exact) mass is 540 g/mol. The first-order valence-electron chi connectivity index (χ1n) is 10.0. The number of ether oxygens (including phenoxy) is 1. The minimum atomic E-state index is -3.47. The predicted molar refractivity (Wildman–Crippen MR) is 130 cm³/mol. The molecule has 164 valence electrons. The van der Waals surface area contributed by atoms with Crippen LogP contribution in [-0.4, -0.2) is 38.3 Å². The van der Waals surface area contributed by atoms with Crippen LogP contribution in [0.5, 0.6) is 5.75 Å². The summed E-state index contributed by atoms with van der Waals surface area (Å²) in [5, 5.41) is 2.78. The number of anilines is 1. The van der Waals surface area contributed by atoms with Crippen molar-refractivity contribution < 1.29 is 13.2 Å². The summed E-state index contributed by atoms with van der Waals surface area (Å²) < 4.78 is 32.4. The summed E-state index contributed by atoms with van der Waals surface area (Å²) in [7, 11) is -3.47. The maximum absolute atomic E-state index is 13.1. The third-order valence-corrected chi connectivity index (χ3v) is 9.44. The lowest BCUT2D eigenvalue weighted by Crippen LogP contribution is -2.39. The van der Waals surface area contributed by atoms with Crippen LogP contribution >= 0.6 is 38.9 Å². The third-order valence-electron chi connectivity index (χ3n) is 5.30. The summed E-state index contributed by atoms with van der Waals surface area (Å²) in [6.45, 7) is 3.89. The van der Waals surface area contributed by atoms with E-state index in [0.29, 0.717) is 32.5 Å². The highest BCUT2D eigenvalue weighted by Crippen LogP contribution is 2.34. The van der Waals surface area contributed by atoms with E-state index in [4.69, 9.17) is 21.3 Å². The van der Waals surface area contributed by atoms with Crippen LogP contribution in [0.25, 0.3) is 11.3 Å². The summed E-state index contributed by atoms with van der Waals surface area (Å²) in [4.78, 5) is 7.15. The molecule has 0 saturated carbocycles. The van der Waals surface area contributed by atoms with Gasteiger partial charge in [-0.15, -0.1) is 11.3 Å². The molecular weight excluding hydrogens is 520 g/mol. The summed E-state index contributed by atoms with van der Waals surface area (Å²) in [6.07, 6.45) is 1.10. The zero-order valence-electron chi connectivity index (χ0n) is 16.9. The van der Waals surface area contributed by atoms with Gasteiger partial charge in [0.2, 0.25) is 0 Å². The molecular formula is C22H22BrClN2O3S2. The van der Waals surface area contributed by atoms with Crippen molar-refractivity contribution in [1.82, 2.24) is 4.98 Å². The highest BCUT2D eigenvalue weighted by atomic mass is 79.9. The second-order valence-corrected chi connectivity index (χ2v) is 11.6. The lowest BCUT2D eigenvalue weighted by Gasteiger charge is -2.31.